The average molecular weight is 198 g/mol. The molecule has 0 fully saturated rings. The van der Waals surface area contributed by atoms with E-state index in [9.17, 15) is 4.57 Å². The number of hydrogen-bond acceptors (Lipinski definition) is 2. The molecule has 0 heterocycles. The minimum absolute atomic E-state index is 0. The van der Waals surface area contributed by atoms with Gasteiger partial charge < -0.3 is 4.89 Å². The number of thiol groups is 1. The quantitative estimate of drug-likeness (QED) is 0.379. The van der Waals surface area contributed by atoms with Crippen molar-refractivity contribution in [2.24, 2.45) is 0 Å². The van der Waals surface area contributed by atoms with Gasteiger partial charge in [-0.25, -0.2) is 9.44 Å². The fourth-order valence-corrected chi connectivity index (χ4v) is 2.81. The van der Waals surface area contributed by atoms with Crippen LogP contribution in [0, 0.1) is 0 Å². The molecular weight excluding hydrogens is 182 g/mol. The van der Waals surface area contributed by atoms with Gasteiger partial charge in [0.05, 0.1) is 0 Å². The van der Waals surface area contributed by atoms with Gasteiger partial charge in [0.1, 0.15) is 0 Å². The first-order chi connectivity index (χ1) is 3.67. The van der Waals surface area contributed by atoms with Crippen LogP contribution < -0.4 is 0 Å². The van der Waals surface area contributed by atoms with Crippen molar-refractivity contribution in [1.29, 1.82) is 0 Å². The zero-order valence-corrected chi connectivity index (χ0v) is 8.11. The van der Waals surface area contributed by atoms with Gasteiger partial charge >= 0.3 is 37.8 Å². The molecule has 0 aliphatic heterocycles. The maximum absolute atomic E-state index is 10.2. The Labute approximate surface area is 85.3 Å². The van der Waals surface area contributed by atoms with Crippen LogP contribution in [0.15, 0.2) is 0 Å². The van der Waals surface area contributed by atoms with Crippen LogP contribution in [0.5, 0.6) is 0 Å². The molecule has 0 bridgehead atoms. The molecule has 0 amide bonds. The maximum atomic E-state index is 10.2. The van der Waals surface area contributed by atoms with Gasteiger partial charge in [-0.3, -0.25) is 8.54 Å². The van der Waals surface area contributed by atoms with E-state index in [2.05, 4.69) is 0 Å². The second-order valence-electron chi connectivity index (χ2n) is 3.77. The molecule has 1 unspecified atom stereocenters. The zero-order valence-electron chi connectivity index (χ0n) is 6.21. The second kappa shape index (κ2) is 3.94. The van der Waals surface area contributed by atoms with E-state index in [1.807, 2.05) is 25.0 Å². The molecule has 0 rings (SSSR count). The first-order valence-corrected chi connectivity index (χ1v) is 7.81. The van der Waals surface area contributed by atoms with E-state index in [4.69, 9.17) is 8.86 Å². The van der Waals surface area contributed by atoms with Crippen molar-refractivity contribution in [3.8, 4) is 0 Å². The van der Waals surface area contributed by atoms with Gasteiger partial charge in [0.15, 0.2) is 0 Å². The Morgan fingerprint density at radius 2 is 1.60 bits per heavy atom. The third-order valence-corrected chi connectivity index (χ3v) is 3.99. The molecule has 0 aromatic rings. The summed E-state index contributed by atoms with van der Waals surface area (Å²) in [7, 11) is -4.93. The Kier molecular flexibility index (Phi) is 5.54. The van der Waals surface area contributed by atoms with Crippen LogP contribution in [-0.4, -0.2) is 59.5 Å². The van der Waals surface area contributed by atoms with Crippen molar-refractivity contribution in [2.75, 3.05) is 25.0 Å². The van der Waals surface area contributed by atoms with Crippen molar-refractivity contribution in [1.82, 2.24) is 0 Å². The van der Waals surface area contributed by atoms with Crippen molar-refractivity contribution in [3.63, 3.8) is 0 Å². The van der Waals surface area contributed by atoms with Gasteiger partial charge in [-0.15, -0.1) is 0 Å². The van der Waals surface area contributed by atoms with Crippen LogP contribution in [0.25, 0.3) is 0 Å². The summed E-state index contributed by atoms with van der Waals surface area (Å²) in [5.41, 5.74) is 0. The molecule has 0 aromatic heterocycles. The van der Waals surface area contributed by atoms with Gasteiger partial charge in [0.2, 0.25) is 0 Å². The summed E-state index contributed by atoms with van der Waals surface area (Å²) in [6.07, 6.45) is 7.52. The fourth-order valence-electron chi connectivity index (χ4n) is 0.312. The van der Waals surface area contributed by atoms with Crippen LogP contribution in [0.4, 0.5) is 0 Å². The topological polar surface area (TPSA) is 46.5 Å². The van der Waals surface area contributed by atoms with Crippen LogP contribution in [-0.2, 0) is 8.54 Å². The van der Waals surface area contributed by atoms with E-state index in [0.717, 1.165) is 0 Å². The predicted octanol–water partition coefficient (Wildman–Crippen LogP) is 0.243. The average Bonchev–Trinajstić information content (AvgIpc) is 1.16. The SMILES string of the molecule is C[SH](C)(C)(C)O[PH](=O)O.[NaH]. The first kappa shape index (κ1) is 14.0. The van der Waals surface area contributed by atoms with Gasteiger partial charge in [-0.05, 0) is 25.0 Å². The van der Waals surface area contributed by atoms with E-state index in [0.29, 0.717) is 0 Å². The molecule has 1 N–H and O–H groups in total. The number of hydrogen-bond donors (Lipinski definition) is 2. The van der Waals surface area contributed by atoms with E-state index >= 15 is 0 Å². The summed E-state index contributed by atoms with van der Waals surface area (Å²) >= 11 is 0. The summed E-state index contributed by atoms with van der Waals surface area (Å²) in [6.45, 7) is 0. The fraction of sp³-hybridized carbons (Fsp3) is 1.00. The molecule has 0 saturated heterocycles. The molecular formula is C4H16NaO3PS. The Morgan fingerprint density at radius 3 is 1.60 bits per heavy atom. The van der Waals surface area contributed by atoms with Gasteiger partial charge in [0, 0.05) is 0 Å². The molecule has 0 aliphatic rings. The normalized spacial score (nSPS) is 18.3. The molecule has 3 nitrogen and oxygen atoms in total. The number of rotatable bonds is 2. The molecule has 1 atom stereocenters. The summed E-state index contributed by atoms with van der Waals surface area (Å²) < 4.78 is 15.1. The second-order valence-corrected chi connectivity index (χ2v) is 11.9. The van der Waals surface area contributed by atoms with E-state index in [1.165, 1.54) is 0 Å². The Morgan fingerprint density at radius 1 is 1.30 bits per heavy atom. The summed E-state index contributed by atoms with van der Waals surface area (Å²) in [5, 5.41) is 0. The van der Waals surface area contributed by atoms with Crippen molar-refractivity contribution >= 4 is 47.3 Å². The first-order valence-electron chi connectivity index (χ1n) is 2.60. The minimum atomic E-state index is -2.74. The van der Waals surface area contributed by atoms with Crippen molar-refractivity contribution in [3.05, 3.63) is 0 Å². The predicted molar refractivity (Wildman–Crippen MR) is 52.1 cm³/mol. The van der Waals surface area contributed by atoms with Crippen molar-refractivity contribution < 1.29 is 13.4 Å². The van der Waals surface area contributed by atoms with Crippen molar-refractivity contribution in [2.45, 2.75) is 0 Å². The Hall–Kier alpha value is 1.50. The summed E-state index contributed by atoms with van der Waals surface area (Å²) in [5.74, 6) is 0. The summed E-state index contributed by atoms with van der Waals surface area (Å²) in [6, 6.07) is 0. The van der Waals surface area contributed by atoms with E-state index < -0.39 is 17.7 Å². The zero-order chi connectivity index (χ0) is 7.73. The third-order valence-electron chi connectivity index (χ3n) is 0.443. The molecule has 62 valence electrons. The summed E-state index contributed by atoms with van der Waals surface area (Å²) in [4.78, 5) is 8.41. The third kappa shape index (κ3) is 12.2. The molecule has 0 aromatic carbocycles. The van der Waals surface area contributed by atoms with E-state index in [-0.39, 0.29) is 29.6 Å². The van der Waals surface area contributed by atoms with Crippen LogP contribution in [0.2, 0.25) is 0 Å². The standard InChI is InChI=1S/C4H15O3PS.Na.H/c1-9(2,3,4)7-8(5)6;;/h8-9H,1-4H3,(H,5,6);;. The molecule has 6 heteroatoms. The van der Waals surface area contributed by atoms with Crippen LogP contribution in [0.1, 0.15) is 0 Å². The Bertz CT molecular complexity index is 132. The van der Waals surface area contributed by atoms with Crippen LogP contribution >= 0.6 is 17.7 Å². The molecule has 0 spiro atoms. The molecule has 10 heavy (non-hydrogen) atoms. The molecule has 0 aliphatic carbocycles. The Balaban J connectivity index is 0. The van der Waals surface area contributed by atoms with E-state index in [1.54, 1.807) is 0 Å². The van der Waals surface area contributed by atoms with Crippen LogP contribution in [0.3, 0.4) is 0 Å². The molecule has 0 radical (unpaired) electrons. The van der Waals surface area contributed by atoms with Gasteiger partial charge in [0.25, 0.3) is 0 Å². The van der Waals surface area contributed by atoms with Gasteiger partial charge in [-0.2, -0.15) is 0 Å². The molecule has 0 saturated carbocycles. The monoisotopic (exact) mass is 198 g/mol. The van der Waals surface area contributed by atoms with Gasteiger partial charge in [-0.1, -0.05) is 0 Å².